The van der Waals surface area contributed by atoms with E-state index in [9.17, 15) is 10.0 Å². The summed E-state index contributed by atoms with van der Waals surface area (Å²) in [6.07, 6.45) is 1.36. The van der Waals surface area contributed by atoms with Gasteiger partial charge in [-0.15, -0.1) is 0 Å². The molecule has 1 amide bonds. The largest absolute Gasteiger partial charge is 0.711 e. The molecular weight excluding hydrogens is 156 g/mol. The number of aromatic nitrogens is 1. The molecule has 0 atom stereocenters. The molecule has 0 radical (unpaired) electrons. The maximum atomic E-state index is 11.1. The summed E-state index contributed by atoms with van der Waals surface area (Å²) in [6, 6.07) is 4.92. The third-order valence-corrected chi connectivity index (χ3v) is 1.62. The van der Waals surface area contributed by atoms with Crippen molar-refractivity contribution in [2.75, 3.05) is 11.9 Å². The molecule has 1 aromatic rings. The van der Waals surface area contributed by atoms with Crippen molar-refractivity contribution in [3.8, 4) is 0 Å². The molecular formula is C8H10N2O2. The van der Waals surface area contributed by atoms with Crippen LogP contribution < -0.4 is 9.63 Å². The molecule has 1 heterocycles. The number of nitrogens with zero attached hydrogens (tertiary/aromatic N) is 2. The average Bonchev–Trinajstić information content (AvgIpc) is 2.04. The molecule has 0 N–H and O–H groups in total. The predicted octanol–water partition coefficient (Wildman–Crippen LogP) is 0.303. The van der Waals surface area contributed by atoms with Crippen LogP contribution in [-0.2, 0) is 4.79 Å². The summed E-state index contributed by atoms with van der Waals surface area (Å²) in [6.45, 7) is 1.41. The highest BCUT2D eigenvalue weighted by Crippen LogP contribution is 2.03. The van der Waals surface area contributed by atoms with Gasteiger partial charge in [0.15, 0.2) is 0 Å². The van der Waals surface area contributed by atoms with Gasteiger partial charge in [0.2, 0.25) is 0 Å². The van der Waals surface area contributed by atoms with Crippen LogP contribution in [0.5, 0.6) is 0 Å². The Bertz CT molecular complexity index is 299. The summed E-state index contributed by atoms with van der Waals surface area (Å²) >= 11 is 0. The topological polar surface area (TPSA) is 47.2 Å². The van der Waals surface area contributed by atoms with Crippen molar-refractivity contribution in [3.63, 3.8) is 0 Å². The number of rotatable bonds is 1. The average molecular weight is 166 g/mol. The van der Waals surface area contributed by atoms with Crippen molar-refractivity contribution in [2.24, 2.45) is 0 Å². The molecule has 1 rings (SSSR count). The van der Waals surface area contributed by atoms with Crippen LogP contribution in [0.25, 0.3) is 0 Å². The van der Waals surface area contributed by atoms with E-state index in [-0.39, 0.29) is 5.91 Å². The standard InChI is InChI=1S/C8H10N2O2/c1-7(11)9(2)8-5-3-4-6-10(8)12/h3-6H,1-2H3. The van der Waals surface area contributed by atoms with Gasteiger partial charge >= 0.3 is 5.91 Å². The third-order valence-electron chi connectivity index (χ3n) is 1.62. The van der Waals surface area contributed by atoms with Gasteiger partial charge in [0.1, 0.15) is 0 Å². The summed E-state index contributed by atoms with van der Waals surface area (Å²) in [4.78, 5) is 12.2. The SMILES string of the molecule is CC(=O)N(C)c1cccc[n+]1[O-]. The summed E-state index contributed by atoms with van der Waals surface area (Å²) in [5, 5.41) is 11.1. The summed E-state index contributed by atoms with van der Waals surface area (Å²) in [7, 11) is 1.56. The van der Waals surface area contributed by atoms with Crippen LogP contribution in [-0.4, -0.2) is 13.0 Å². The fourth-order valence-electron chi connectivity index (χ4n) is 0.840. The Balaban J connectivity index is 3.02. The van der Waals surface area contributed by atoms with Crippen molar-refractivity contribution >= 4 is 11.7 Å². The minimum absolute atomic E-state index is 0.161. The number of hydrogen-bond donors (Lipinski definition) is 0. The maximum absolute atomic E-state index is 11.1. The molecule has 0 fully saturated rings. The van der Waals surface area contributed by atoms with Gasteiger partial charge < -0.3 is 5.21 Å². The molecule has 12 heavy (non-hydrogen) atoms. The number of carbonyl (C=O) groups is 1. The number of hydrogen-bond acceptors (Lipinski definition) is 2. The van der Waals surface area contributed by atoms with E-state index in [0.717, 1.165) is 0 Å². The summed E-state index contributed by atoms with van der Waals surface area (Å²) in [5.41, 5.74) is 0. The van der Waals surface area contributed by atoms with Crippen LogP contribution in [0, 0.1) is 5.21 Å². The van der Waals surface area contributed by atoms with E-state index in [4.69, 9.17) is 0 Å². The Morgan fingerprint density at radius 3 is 2.75 bits per heavy atom. The molecule has 0 aromatic carbocycles. The Kier molecular flexibility index (Phi) is 2.28. The van der Waals surface area contributed by atoms with E-state index in [1.807, 2.05) is 0 Å². The zero-order valence-electron chi connectivity index (χ0n) is 7.02. The Morgan fingerprint density at radius 2 is 2.25 bits per heavy atom. The van der Waals surface area contributed by atoms with E-state index in [1.165, 1.54) is 18.0 Å². The Labute approximate surface area is 70.6 Å². The lowest BCUT2D eigenvalue weighted by atomic mass is 10.4. The third kappa shape index (κ3) is 1.53. The molecule has 0 aliphatic carbocycles. The van der Waals surface area contributed by atoms with Gasteiger partial charge in [-0.1, -0.05) is 6.07 Å². The van der Waals surface area contributed by atoms with Crippen molar-refractivity contribution in [1.29, 1.82) is 0 Å². The Hall–Kier alpha value is -1.58. The molecule has 0 bridgehead atoms. The molecule has 4 heteroatoms. The van der Waals surface area contributed by atoms with Crippen LogP contribution in [0.3, 0.4) is 0 Å². The molecule has 4 nitrogen and oxygen atoms in total. The van der Waals surface area contributed by atoms with Gasteiger partial charge in [-0.3, -0.25) is 0 Å². The van der Waals surface area contributed by atoms with E-state index < -0.39 is 0 Å². The van der Waals surface area contributed by atoms with Gasteiger partial charge in [0.25, 0.3) is 5.82 Å². The second-order valence-corrected chi connectivity index (χ2v) is 2.46. The van der Waals surface area contributed by atoms with Crippen LogP contribution in [0.4, 0.5) is 5.82 Å². The fourth-order valence-corrected chi connectivity index (χ4v) is 0.840. The van der Waals surface area contributed by atoms with E-state index in [1.54, 1.807) is 25.2 Å². The number of carbonyl (C=O) groups excluding carboxylic acids is 1. The zero-order chi connectivity index (χ0) is 9.14. The first-order chi connectivity index (χ1) is 5.63. The molecule has 1 aromatic heterocycles. The molecule has 0 saturated heterocycles. The predicted molar refractivity (Wildman–Crippen MR) is 44.5 cm³/mol. The molecule has 0 aliphatic heterocycles. The summed E-state index contributed by atoms with van der Waals surface area (Å²) in [5.74, 6) is 0.177. The molecule has 64 valence electrons. The minimum Gasteiger partial charge on any atom is -0.711 e. The van der Waals surface area contributed by atoms with Crippen molar-refractivity contribution in [3.05, 3.63) is 29.6 Å². The van der Waals surface area contributed by atoms with Crippen molar-refractivity contribution < 1.29 is 9.52 Å². The van der Waals surface area contributed by atoms with Gasteiger partial charge in [-0.25, -0.2) is 9.52 Å². The van der Waals surface area contributed by atoms with Gasteiger partial charge in [-0.2, -0.15) is 4.90 Å². The molecule has 0 spiro atoms. The number of anilines is 1. The van der Waals surface area contributed by atoms with Gasteiger partial charge in [0.05, 0.1) is 13.2 Å². The van der Waals surface area contributed by atoms with E-state index in [2.05, 4.69) is 0 Å². The van der Waals surface area contributed by atoms with Crippen LogP contribution >= 0.6 is 0 Å². The fraction of sp³-hybridized carbons (Fsp3) is 0.250. The minimum atomic E-state index is -0.161. The first-order valence-corrected chi connectivity index (χ1v) is 3.55. The highest BCUT2D eigenvalue weighted by molar-refractivity contribution is 5.88. The lowest BCUT2D eigenvalue weighted by Gasteiger charge is -2.12. The second-order valence-electron chi connectivity index (χ2n) is 2.46. The maximum Gasteiger partial charge on any atom is 0.306 e. The lowest BCUT2D eigenvalue weighted by Crippen LogP contribution is -2.37. The first-order valence-electron chi connectivity index (χ1n) is 3.55. The number of pyridine rings is 1. The van der Waals surface area contributed by atoms with Gasteiger partial charge in [0, 0.05) is 13.0 Å². The van der Waals surface area contributed by atoms with Crippen molar-refractivity contribution in [2.45, 2.75) is 6.92 Å². The van der Waals surface area contributed by atoms with Gasteiger partial charge in [-0.05, 0) is 6.07 Å². The molecule has 0 saturated carbocycles. The van der Waals surface area contributed by atoms with Crippen molar-refractivity contribution in [1.82, 2.24) is 0 Å². The second kappa shape index (κ2) is 3.21. The molecule has 0 unspecified atom stereocenters. The monoisotopic (exact) mass is 166 g/mol. The lowest BCUT2D eigenvalue weighted by molar-refractivity contribution is -0.591. The highest BCUT2D eigenvalue weighted by atomic mass is 16.5. The highest BCUT2D eigenvalue weighted by Gasteiger charge is 2.14. The number of amides is 1. The zero-order valence-corrected chi connectivity index (χ0v) is 7.02. The van der Waals surface area contributed by atoms with Crippen LogP contribution in [0.2, 0.25) is 0 Å². The quantitative estimate of drug-likeness (QED) is 0.445. The van der Waals surface area contributed by atoms with Crippen LogP contribution in [0.15, 0.2) is 24.4 Å². The van der Waals surface area contributed by atoms with Crippen LogP contribution in [0.1, 0.15) is 6.92 Å². The molecule has 0 aliphatic rings. The van der Waals surface area contributed by atoms with E-state index >= 15 is 0 Å². The van der Waals surface area contributed by atoms with E-state index in [0.29, 0.717) is 10.5 Å². The smallest absolute Gasteiger partial charge is 0.306 e. The Morgan fingerprint density at radius 1 is 1.58 bits per heavy atom. The normalized spacial score (nSPS) is 9.50. The first kappa shape index (κ1) is 8.52. The summed E-state index contributed by atoms with van der Waals surface area (Å²) < 4.78 is 0.654.